The molecule has 0 fully saturated rings. The van der Waals surface area contributed by atoms with Crippen LogP contribution in [0.5, 0.6) is 0 Å². The van der Waals surface area contributed by atoms with Gasteiger partial charge < -0.3 is 5.11 Å². The van der Waals surface area contributed by atoms with E-state index in [1.807, 2.05) is 6.92 Å². The van der Waals surface area contributed by atoms with Gasteiger partial charge in [0, 0.05) is 4.47 Å². The molecule has 1 unspecified atom stereocenters. The van der Waals surface area contributed by atoms with Crippen LogP contribution in [0.15, 0.2) is 57.9 Å². The zero-order valence-electron chi connectivity index (χ0n) is 12.6. The van der Waals surface area contributed by atoms with Gasteiger partial charge in [-0.15, -0.1) is 0 Å². The first-order valence-corrected chi connectivity index (χ1v) is 9.06. The lowest BCUT2D eigenvalue weighted by molar-refractivity contribution is -0.137. The molecule has 5 nitrogen and oxygen atoms in total. The molecule has 0 bridgehead atoms. The molecule has 2 rings (SSSR count). The molecular weight excluding hydrogens is 382 g/mol. The highest BCUT2D eigenvalue weighted by Crippen LogP contribution is 2.27. The zero-order chi connectivity index (χ0) is 17.2. The van der Waals surface area contributed by atoms with Crippen LogP contribution < -0.4 is 4.31 Å². The number of carboxylic acid groups (broad SMARTS) is 1. The number of anilines is 1. The molecule has 0 aliphatic heterocycles. The molecule has 23 heavy (non-hydrogen) atoms. The summed E-state index contributed by atoms with van der Waals surface area (Å²) in [6, 6.07) is 11.5. The second-order valence-electron chi connectivity index (χ2n) is 5.10. The SMILES string of the molecule is Cc1ccc(S(=O)(=O)N(c2ccc(Br)cc2)C(C)C(=O)O)cc1. The van der Waals surface area contributed by atoms with Gasteiger partial charge in [-0.1, -0.05) is 33.6 Å². The summed E-state index contributed by atoms with van der Waals surface area (Å²) >= 11 is 3.28. The molecule has 122 valence electrons. The minimum absolute atomic E-state index is 0.0547. The average molecular weight is 398 g/mol. The first-order chi connectivity index (χ1) is 10.7. The number of benzene rings is 2. The maximum Gasteiger partial charge on any atom is 0.327 e. The number of aryl methyl sites for hydroxylation is 1. The van der Waals surface area contributed by atoms with Crippen LogP contribution in [0.2, 0.25) is 0 Å². The molecule has 0 aromatic heterocycles. The lowest BCUT2D eigenvalue weighted by Crippen LogP contribution is -2.43. The van der Waals surface area contributed by atoms with Crippen LogP contribution >= 0.6 is 15.9 Å². The van der Waals surface area contributed by atoms with Crippen LogP contribution in [0.25, 0.3) is 0 Å². The fourth-order valence-corrected chi connectivity index (χ4v) is 3.96. The van der Waals surface area contributed by atoms with Crippen LogP contribution in [0, 0.1) is 6.92 Å². The second kappa shape index (κ2) is 6.72. The number of halogens is 1. The van der Waals surface area contributed by atoms with Gasteiger partial charge in [0.05, 0.1) is 10.6 Å². The second-order valence-corrected chi connectivity index (χ2v) is 7.84. The van der Waals surface area contributed by atoms with Crippen molar-refractivity contribution in [2.24, 2.45) is 0 Å². The number of rotatable bonds is 5. The molecule has 0 spiro atoms. The van der Waals surface area contributed by atoms with Crippen molar-refractivity contribution in [3.63, 3.8) is 0 Å². The normalized spacial score (nSPS) is 12.7. The number of aliphatic carboxylic acids is 1. The van der Waals surface area contributed by atoms with Crippen molar-refractivity contribution in [2.45, 2.75) is 24.8 Å². The summed E-state index contributed by atoms with van der Waals surface area (Å²) in [5.74, 6) is -1.22. The fourth-order valence-electron chi connectivity index (χ4n) is 2.08. The lowest BCUT2D eigenvalue weighted by atomic mass is 10.2. The van der Waals surface area contributed by atoms with Crippen molar-refractivity contribution in [1.82, 2.24) is 0 Å². The molecule has 0 amide bonds. The van der Waals surface area contributed by atoms with Gasteiger partial charge in [0.1, 0.15) is 6.04 Å². The lowest BCUT2D eigenvalue weighted by Gasteiger charge is -2.28. The van der Waals surface area contributed by atoms with Crippen molar-refractivity contribution >= 4 is 37.6 Å². The van der Waals surface area contributed by atoms with E-state index in [1.165, 1.54) is 19.1 Å². The quantitative estimate of drug-likeness (QED) is 0.838. The first kappa shape index (κ1) is 17.5. The largest absolute Gasteiger partial charge is 0.480 e. The number of carboxylic acids is 1. The Hall–Kier alpha value is -1.86. The number of hydrogen-bond donors (Lipinski definition) is 1. The van der Waals surface area contributed by atoms with E-state index in [9.17, 15) is 18.3 Å². The van der Waals surface area contributed by atoms with Gasteiger partial charge in [0.15, 0.2) is 0 Å². The maximum absolute atomic E-state index is 12.9. The van der Waals surface area contributed by atoms with Gasteiger partial charge >= 0.3 is 5.97 Å². The summed E-state index contributed by atoms with van der Waals surface area (Å²) in [6.45, 7) is 3.19. The summed E-state index contributed by atoms with van der Waals surface area (Å²) in [5.41, 5.74) is 1.22. The molecule has 2 aromatic rings. The Labute approximate surface area is 143 Å². The third-order valence-corrected chi connectivity index (χ3v) is 5.81. The van der Waals surface area contributed by atoms with Crippen molar-refractivity contribution in [3.8, 4) is 0 Å². The highest BCUT2D eigenvalue weighted by atomic mass is 79.9. The molecule has 0 aliphatic carbocycles. The average Bonchev–Trinajstić information content (AvgIpc) is 2.49. The van der Waals surface area contributed by atoms with Gasteiger partial charge in [0.25, 0.3) is 10.0 Å². The van der Waals surface area contributed by atoms with Crippen molar-refractivity contribution < 1.29 is 18.3 Å². The molecule has 0 saturated heterocycles. The van der Waals surface area contributed by atoms with Crippen molar-refractivity contribution in [3.05, 3.63) is 58.6 Å². The van der Waals surface area contributed by atoms with Crippen LogP contribution in [-0.4, -0.2) is 25.5 Å². The van der Waals surface area contributed by atoms with E-state index in [-0.39, 0.29) is 4.90 Å². The van der Waals surface area contributed by atoms with Crippen molar-refractivity contribution in [2.75, 3.05) is 4.31 Å². The van der Waals surface area contributed by atoms with Crippen LogP contribution in [-0.2, 0) is 14.8 Å². The van der Waals surface area contributed by atoms with Gasteiger partial charge in [-0.2, -0.15) is 0 Å². The minimum atomic E-state index is -3.99. The smallest absolute Gasteiger partial charge is 0.327 e. The molecule has 7 heteroatoms. The topological polar surface area (TPSA) is 74.7 Å². The highest BCUT2D eigenvalue weighted by molar-refractivity contribution is 9.10. The number of sulfonamides is 1. The molecule has 0 heterocycles. The van der Waals surface area contributed by atoms with Gasteiger partial charge in [-0.3, -0.25) is 4.31 Å². The highest BCUT2D eigenvalue weighted by Gasteiger charge is 2.33. The van der Waals surface area contributed by atoms with Crippen LogP contribution in [0.4, 0.5) is 5.69 Å². The predicted octanol–water partition coefficient (Wildman–Crippen LogP) is 3.43. The third-order valence-electron chi connectivity index (χ3n) is 3.37. The number of hydrogen-bond acceptors (Lipinski definition) is 3. The molecule has 1 N–H and O–H groups in total. The maximum atomic E-state index is 12.9. The summed E-state index contributed by atoms with van der Waals surface area (Å²) < 4.78 is 27.5. The first-order valence-electron chi connectivity index (χ1n) is 6.83. The van der Waals surface area contributed by atoms with E-state index in [1.54, 1.807) is 36.4 Å². The monoisotopic (exact) mass is 397 g/mol. The van der Waals surface area contributed by atoms with E-state index in [2.05, 4.69) is 15.9 Å². The van der Waals surface area contributed by atoms with Gasteiger partial charge in [0.2, 0.25) is 0 Å². The van der Waals surface area contributed by atoms with E-state index in [4.69, 9.17) is 0 Å². The molecule has 0 radical (unpaired) electrons. The van der Waals surface area contributed by atoms with Gasteiger partial charge in [-0.05, 0) is 50.2 Å². The van der Waals surface area contributed by atoms with Gasteiger partial charge in [-0.25, -0.2) is 13.2 Å². The molecular formula is C16H16BrNO4S. The third kappa shape index (κ3) is 3.73. The van der Waals surface area contributed by atoms with E-state index in [0.717, 1.165) is 14.3 Å². The standard InChI is InChI=1S/C16H16BrNO4S/c1-11-3-9-15(10-4-11)23(21,22)18(12(2)16(19)20)14-7-5-13(17)6-8-14/h3-10,12H,1-2H3,(H,19,20). The Morgan fingerprint density at radius 1 is 1.09 bits per heavy atom. The summed E-state index contributed by atoms with van der Waals surface area (Å²) in [6.07, 6.45) is 0. The van der Waals surface area contributed by atoms with E-state index >= 15 is 0 Å². The number of carbonyl (C=O) groups is 1. The zero-order valence-corrected chi connectivity index (χ0v) is 15.0. The van der Waals surface area contributed by atoms with Crippen LogP contribution in [0.1, 0.15) is 12.5 Å². The molecule has 0 aliphatic rings. The molecule has 1 atom stereocenters. The molecule has 0 saturated carbocycles. The Bertz CT molecular complexity index is 801. The van der Waals surface area contributed by atoms with E-state index in [0.29, 0.717) is 5.69 Å². The summed E-state index contributed by atoms with van der Waals surface area (Å²) in [5, 5.41) is 9.31. The van der Waals surface area contributed by atoms with Crippen molar-refractivity contribution in [1.29, 1.82) is 0 Å². The fraction of sp³-hybridized carbons (Fsp3) is 0.188. The molecule has 2 aromatic carbocycles. The summed E-state index contributed by atoms with van der Waals surface area (Å²) in [4.78, 5) is 11.5. The van der Waals surface area contributed by atoms with E-state index < -0.39 is 22.0 Å². The minimum Gasteiger partial charge on any atom is -0.480 e. The Balaban J connectivity index is 2.58. The Morgan fingerprint density at radius 2 is 1.61 bits per heavy atom. The Kier molecular flexibility index (Phi) is 5.11. The Morgan fingerprint density at radius 3 is 2.09 bits per heavy atom. The summed E-state index contributed by atoms with van der Waals surface area (Å²) in [7, 11) is -3.99. The predicted molar refractivity (Wildman–Crippen MR) is 92.1 cm³/mol. The van der Waals surface area contributed by atoms with Crippen LogP contribution in [0.3, 0.4) is 0 Å². The number of nitrogens with zero attached hydrogens (tertiary/aromatic N) is 1.